The normalized spacial score (nSPS) is 30.2. The molecule has 0 saturated heterocycles. The van der Waals surface area contributed by atoms with Gasteiger partial charge in [0.05, 0.1) is 0 Å². The summed E-state index contributed by atoms with van der Waals surface area (Å²) >= 11 is 3.33. The second-order valence-corrected chi connectivity index (χ2v) is 4.64. The molecule has 1 fully saturated rings. The molecule has 2 unspecified atom stereocenters. The van der Waals surface area contributed by atoms with Crippen LogP contribution in [0.1, 0.15) is 25.7 Å². The van der Waals surface area contributed by atoms with E-state index < -0.39 is 0 Å². The minimum atomic E-state index is 0.403. The average Bonchev–Trinajstić information content (AvgIpc) is 2.01. The van der Waals surface area contributed by atoms with Crippen molar-refractivity contribution in [2.75, 3.05) is 6.54 Å². The molecule has 0 aromatic heterocycles. The summed E-state index contributed by atoms with van der Waals surface area (Å²) in [6, 6.07) is 1.00. The molecule has 70 valence electrons. The van der Waals surface area contributed by atoms with Crippen LogP contribution in [0.4, 0.5) is 0 Å². The summed E-state index contributed by atoms with van der Waals surface area (Å²) in [4.78, 5) is 0. The number of halogens is 1. The molecule has 1 rings (SSSR count). The largest absolute Gasteiger partial charge is 0.328 e. The SMILES string of the molecule is C=C(Br)CNC1CCCC(N)C1. The molecule has 0 amide bonds. The van der Waals surface area contributed by atoms with E-state index in [0.717, 1.165) is 17.4 Å². The van der Waals surface area contributed by atoms with E-state index in [1.165, 1.54) is 19.3 Å². The predicted molar refractivity (Wildman–Crippen MR) is 56.3 cm³/mol. The van der Waals surface area contributed by atoms with Crippen molar-refractivity contribution in [3.63, 3.8) is 0 Å². The highest BCUT2D eigenvalue weighted by Crippen LogP contribution is 2.17. The first-order valence-corrected chi connectivity index (χ1v) is 5.30. The Kier molecular flexibility index (Phi) is 4.26. The Morgan fingerprint density at radius 3 is 2.92 bits per heavy atom. The summed E-state index contributed by atoms with van der Waals surface area (Å²) in [6.45, 7) is 4.64. The Bertz CT molecular complexity index is 159. The van der Waals surface area contributed by atoms with Gasteiger partial charge in [0.2, 0.25) is 0 Å². The first-order chi connectivity index (χ1) is 5.68. The maximum Gasteiger partial charge on any atom is 0.0268 e. The van der Waals surface area contributed by atoms with Crippen LogP contribution >= 0.6 is 15.9 Å². The lowest BCUT2D eigenvalue weighted by atomic mass is 9.92. The lowest BCUT2D eigenvalue weighted by Gasteiger charge is -2.27. The Hall–Kier alpha value is 0.140. The third-order valence-corrected chi connectivity index (χ3v) is 2.58. The first-order valence-electron chi connectivity index (χ1n) is 4.50. The van der Waals surface area contributed by atoms with Crippen molar-refractivity contribution in [2.45, 2.75) is 37.8 Å². The fourth-order valence-electron chi connectivity index (χ4n) is 1.67. The van der Waals surface area contributed by atoms with Crippen molar-refractivity contribution >= 4 is 15.9 Å². The highest BCUT2D eigenvalue weighted by molar-refractivity contribution is 9.11. The van der Waals surface area contributed by atoms with Crippen LogP contribution in [0, 0.1) is 0 Å². The molecule has 1 aliphatic rings. The van der Waals surface area contributed by atoms with E-state index in [1.54, 1.807) is 0 Å². The van der Waals surface area contributed by atoms with E-state index in [-0.39, 0.29) is 0 Å². The van der Waals surface area contributed by atoms with Gasteiger partial charge >= 0.3 is 0 Å². The Balaban J connectivity index is 2.18. The smallest absolute Gasteiger partial charge is 0.0268 e. The van der Waals surface area contributed by atoms with Gasteiger partial charge in [0.25, 0.3) is 0 Å². The van der Waals surface area contributed by atoms with Crippen LogP contribution in [0.25, 0.3) is 0 Å². The number of nitrogens with two attached hydrogens (primary N) is 1. The van der Waals surface area contributed by atoms with Crippen molar-refractivity contribution < 1.29 is 0 Å². The molecule has 0 aliphatic heterocycles. The molecule has 1 saturated carbocycles. The van der Waals surface area contributed by atoms with Crippen molar-refractivity contribution in [3.05, 3.63) is 11.1 Å². The molecular weight excluding hydrogens is 216 g/mol. The zero-order valence-electron chi connectivity index (χ0n) is 7.35. The zero-order valence-corrected chi connectivity index (χ0v) is 8.94. The maximum absolute atomic E-state index is 5.86. The monoisotopic (exact) mass is 232 g/mol. The quantitative estimate of drug-likeness (QED) is 0.779. The molecule has 0 heterocycles. The van der Waals surface area contributed by atoms with Crippen molar-refractivity contribution in [2.24, 2.45) is 5.73 Å². The molecule has 0 spiro atoms. The van der Waals surface area contributed by atoms with Gasteiger partial charge in [-0.1, -0.05) is 28.9 Å². The van der Waals surface area contributed by atoms with Crippen molar-refractivity contribution in [1.82, 2.24) is 5.32 Å². The maximum atomic E-state index is 5.86. The van der Waals surface area contributed by atoms with Crippen LogP contribution in [-0.2, 0) is 0 Å². The van der Waals surface area contributed by atoms with E-state index in [0.29, 0.717) is 12.1 Å². The fraction of sp³-hybridized carbons (Fsp3) is 0.778. The van der Waals surface area contributed by atoms with Crippen molar-refractivity contribution in [1.29, 1.82) is 0 Å². The molecule has 0 bridgehead atoms. The lowest BCUT2D eigenvalue weighted by molar-refractivity contribution is 0.348. The van der Waals surface area contributed by atoms with Gasteiger partial charge < -0.3 is 11.1 Å². The topological polar surface area (TPSA) is 38.0 Å². The fourth-order valence-corrected chi connectivity index (χ4v) is 1.83. The number of nitrogens with one attached hydrogen (secondary N) is 1. The highest BCUT2D eigenvalue weighted by atomic mass is 79.9. The van der Waals surface area contributed by atoms with Crippen LogP contribution in [-0.4, -0.2) is 18.6 Å². The van der Waals surface area contributed by atoms with E-state index >= 15 is 0 Å². The van der Waals surface area contributed by atoms with Crippen LogP contribution in [0.2, 0.25) is 0 Å². The van der Waals surface area contributed by atoms with Crippen molar-refractivity contribution in [3.8, 4) is 0 Å². The molecule has 2 atom stereocenters. The Morgan fingerprint density at radius 1 is 1.58 bits per heavy atom. The third-order valence-electron chi connectivity index (χ3n) is 2.30. The standard InChI is InChI=1S/C9H17BrN2/c1-7(10)6-12-9-4-2-3-8(11)5-9/h8-9,12H,1-6,11H2. The predicted octanol–water partition coefficient (Wildman–Crippen LogP) is 1.75. The average molecular weight is 233 g/mol. The molecule has 12 heavy (non-hydrogen) atoms. The van der Waals surface area contributed by atoms with E-state index in [9.17, 15) is 0 Å². The molecule has 1 aliphatic carbocycles. The third kappa shape index (κ3) is 3.70. The number of rotatable bonds is 3. The summed E-state index contributed by atoms with van der Waals surface area (Å²) in [5.74, 6) is 0. The molecule has 3 heteroatoms. The van der Waals surface area contributed by atoms with Gasteiger partial charge in [0, 0.05) is 23.1 Å². The van der Waals surface area contributed by atoms with Gasteiger partial charge in [0.1, 0.15) is 0 Å². The Labute approximate surface area is 82.7 Å². The van der Waals surface area contributed by atoms with E-state index in [2.05, 4.69) is 27.8 Å². The molecular formula is C9H17BrN2. The minimum Gasteiger partial charge on any atom is -0.328 e. The first kappa shape index (κ1) is 10.2. The van der Waals surface area contributed by atoms with Crippen LogP contribution < -0.4 is 11.1 Å². The van der Waals surface area contributed by atoms with E-state index in [1.807, 2.05) is 0 Å². The van der Waals surface area contributed by atoms with Crippen LogP contribution in [0.5, 0.6) is 0 Å². The van der Waals surface area contributed by atoms with E-state index in [4.69, 9.17) is 5.73 Å². The zero-order chi connectivity index (χ0) is 8.97. The number of hydrogen-bond acceptors (Lipinski definition) is 2. The van der Waals surface area contributed by atoms with Gasteiger partial charge in [0.15, 0.2) is 0 Å². The molecule has 2 nitrogen and oxygen atoms in total. The molecule has 0 aromatic carbocycles. The highest BCUT2D eigenvalue weighted by Gasteiger charge is 2.17. The summed E-state index contributed by atoms with van der Waals surface area (Å²) in [7, 11) is 0. The van der Waals surface area contributed by atoms with Crippen LogP contribution in [0.3, 0.4) is 0 Å². The summed E-state index contributed by atoms with van der Waals surface area (Å²) in [5, 5.41) is 3.43. The summed E-state index contributed by atoms with van der Waals surface area (Å²) < 4.78 is 1.02. The summed E-state index contributed by atoms with van der Waals surface area (Å²) in [5.41, 5.74) is 5.86. The molecule has 0 aromatic rings. The molecule has 3 N–H and O–H groups in total. The van der Waals surface area contributed by atoms with Gasteiger partial charge in [-0.15, -0.1) is 0 Å². The molecule has 0 radical (unpaired) electrons. The number of hydrogen-bond donors (Lipinski definition) is 2. The Morgan fingerprint density at radius 2 is 2.33 bits per heavy atom. The second-order valence-electron chi connectivity index (χ2n) is 3.52. The second kappa shape index (κ2) is 5.00. The van der Waals surface area contributed by atoms with Gasteiger partial charge in [-0.2, -0.15) is 0 Å². The van der Waals surface area contributed by atoms with Crippen LogP contribution in [0.15, 0.2) is 11.1 Å². The lowest BCUT2D eigenvalue weighted by Crippen LogP contribution is -2.39. The van der Waals surface area contributed by atoms with Gasteiger partial charge in [-0.3, -0.25) is 0 Å². The van der Waals surface area contributed by atoms with Gasteiger partial charge in [-0.05, 0) is 19.3 Å². The summed E-state index contributed by atoms with van der Waals surface area (Å²) in [6.07, 6.45) is 4.81. The minimum absolute atomic E-state index is 0.403. The van der Waals surface area contributed by atoms with Gasteiger partial charge in [-0.25, -0.2) is 0 Å².